The predicted octanol–water partition coefficient (Wildman–Crippen LogP) is 1.52. The van der Waals surface area contributed by atoms with Gasteiger partial charge in [-0.3, -0.25) is 9.59 Å². The van der Waals surface area contributed by atoms with Crippen LogP contribution in [0.15, 0.2) is 0 Å². The molecule has 1 aliphatic carbocycles. The van der Waals surface area contributed by atoms with Gasteiger partial charge in [0.2, 0.25) is 0 Å². The maximum Gasteiger partial charge on any atom is 0.315 e. The molecule has 1 fully saturated rings. The summed E-state index contributed by atoms with van der Waals surface area (Å²) >= 11 is 0. The summed E-state index contributed by atoms with van der Waals surface area (Å²) in [5.74, 6) is -3.26. The van der Waals surface area contributed by atoms with E-state index in [1.807, 2.05) is 13.8 Å². The van der Waals surface area contributed by atoms with Gasteiger partial charge in [-0.1, -0.05) is 0 Å². The summed E-state index contributed by atoms with van der Waals surface area (Å²) in [4.78, 5) is 24.0. The molecule has 0 saturated heterocycles. The summed E-state index contributed by atoms with van der Waals surface area (Å²) < 4.78 is 21.3. The van der Waals surface area contributed by atoms with Crippen LogP contribution in [0.5, 0.6) is 0 Å². The van der Waals surface area contributed by atoms with Gasteiger partial charge in [0.05, 0.1) is 19.1 Å². The summed E-state index contributed by atoms with van der Waals surface area (Å²) in [6, 6.07) is 0. The van der Waals surface area contributed by atoms with Crippen molar-refractivity contribution in [2.45, 2.75) is 39.9 Å². The molecule has 20 heavy (non-hydrogen) atoms. The van der Waals surface area contributed by atoms with E-state index >= 15 is 0 Å². The predicted molar refractivity (Wildman–Crippen MR) is 70.8 cm³/mol. The molecule has 6 heteroatoms. The Bertz CT molecular complexity index is 335. The molecule has 0 aromatic rings. The summed E-state index contributed by atoms with van der Waals surface area (Å²) in [7, 11) is 0. The maximum atomic E-state index is 12.1. The lowest BCUT2D eigenvalue weighted by atomic mass is 9.67. The molecule has 0 unspecified atom stereocenters. The molecule has 0 aliphatic heterocycles. The van der Waals surface area contributed by atoms with Gasteiger partial charge >= 0.3 is 11.9 Å². The molecule has 0 aromatic heterocycles. The summed E-state index contributed by atoms with van der Waals surface area (Å²) in [6.45, 7) is 8.41. The third-order valence-corrected chi connectivity index (χ3v) is 3.29. The van der Waals surface area contributed by atoms with Crippen LogP contribution in [-0.4, -0.2) is 44.2 Å². The van der Waals surface area contributed by atoms with Crippen molar-refractivity contribution < 1.29 is 28.5 Å². The lowest BCUT2D eigenvalue weighted by Gasteiger charge is -2.50. The Morgan fingerprint density at radius 2 is 1.40 bits per heavy atom. The zero-order valence-corrected chi connectivity index (χ0v) is 12.6. The van der Waals surface area contributed by atoms with Gasteiger partial charge in [0, 0.05) is 19.6 Å². The highest BCUT2D eigenvalue weighted by molar-refractivity contribution is 5.85. The second-order valence-electron chi connectivity index (χ2n) is 4.47. The first-order valence-electron chi connectivity index (χ1n) is 7.17. The molecule has 2 atom stereocenters. The quantitative estimate of drug-likeness (QED) is 0.498. The first-order valence-corrected chi connectivity index (χ1v) is 7.17. The molecule has 6 nitrogen and oxygen atoms in total. The fraction of sp³-hybridized carbons (Fsp3) is 0.857. The van der Waals surface area contributed by atoms with Gasteiger partial charge in [0.15, 0.2) is 5.79 Å². The molecule has 1 saturated carbocycles. The minimum absolute atomic E-state index is 0.249. The minimum atomic E-state index is -1.06. The first-order chi connectivity index (χ1) is 9.56. The third kappa shape index (κ3) is 3.30. The number of ether oxygens (including phenoxy) is 4. The molecule has 0 amide bonds. The smallest absolute Gasteiger partial charge is 0.315 e. The summed E-state index contributed by atoms with van der Waals surface area (Å²) in [6.07, 6.45) is 0.316. The third-order valence-electron chi connectivity index (χ3n) is 3.29. The van der Waals surface area contributed by atoms with E-state index in [0.717, 1.165) is 0 Å². The molecule has 0 spiro atoms. The molecule has 0 heterocycles. The van der Waals surface area contributed by atoms with Crippen LogP contribution in [0.2, 0.25) is 0 Å². The lowest BCUT2D eigenvalue weighted by Crippen LogP contribution is -2.63. The minimum Gasteiger partial charge on any atom is -0.466 e. The highest BCUT2D eigenvalue weighted by Crippen LogP contribution is 2.49. The number of hydrogen-bond acceptors (Lipinski definition) is 6. The highest BCUT2D eigenvalue weighted by atomic mass is 16.7. The normalized spacial score (nSPS) is 23.8. The van der Waals surface area contributed by atoms with Crippen molar-refractivity contribution in [3.8, 4) is 0 Å². The van der Waals surface area contributed by atoms with Crippen molar-refractivity contribution in [2.24, 2.45) is 11.8 Å². The van der Waals surface area contributed by atoms with Crippen LogP contribution >= 0.6 is 0 Å². The fourth-order valence-corrected chi connectivity index (χ4v) is 2.57. The standard InChI is InChI=1S/C14H24O6/c1-5-17-12(15)10-9-14(19-7-3,20-8-4)11(10)13(16)18-6-2/h10-11H,5-9H2,1-4H3/t10-,11-/m1/s1. The zero-order chi connectivity index (χ0) is 15.2. The van der Waals surface area contributed by atoms with Crippen LogP contribution in [0, 0.1) is 11.8 Å². The Balaban J connectivity index is 2.91. The van der Waals surface area contributed by atoms with Crippen LogP contribution in [-0.2, 0) is 28.5 Å². The van der Waals surface area contributed by atoms with Crippen molar-refractivity contribution in [3.05, 3.63) is 0 Å². The van der Waals surface area contributed by atoms with Crippen LogP contribution in [0.25, 0.3) is 0 Å². The number of carbonyl (C=O) groups is 2. The lowest BCUT2D eigenvalue weighted by molar-refractivity contribution is -0.322. The van der Waals surface area contributed by atoms with Crippen molar-refractivity contribution >= 4 is 11.9 Å². The Morgan fingerprint density at radius 1 is 0.900 bits per heavy atom. The molecule has 0 N–H and O–H groups in total. The molecular formula is C14H24O6. The molecular weight excluding hydrogens is 264 g/mol. The van der Waals surface area contributed by atoms with Crippen molar-refractivity contribution in [2.75, 3.05) is 26.4 Å². The fourth-order valence-electron chi connectivity index (χ4n) is 2.57. The Hall–Kier alpha value is -1.14. The van der Waals surface area contributed by atoms with Gasteiger partial charge in [0.25, 0.3) is 0 Å². The first kappa shape index (κ1) is 16.9. The second-order valence-corrected chi connectivity index (χ2v) is 4.47. The van der Waals surface area contributed by atoms with Gasteiger partial charge in [-0.2, -0.15) is 0 Å². The van der Waals surface area contributed by atoms with E-state index in [4.69, 9.17) is 18.9 Å². The SMILES string of the molecule is CCOC(=O)[C@@H]1CC(OCC)(OCC)[C@H]1C(=O)OCC. The van der Waals surface area contributed by atoms with Crippen LogP contribution in [0.1, 0.15) is 34.1 Å². The van der Waals surface area contributed by atoms with Gasteiger partial charge in [-0.15, -0.1) is 0 Å². The van der Waals surface area contributed by atoms with Crippen molar-refractivity contribution in [3.63, 3.8) is 0 Å². The van der Waals surface area contributed by atoms with Crippen molar-refractivity contribution in [1.29, 1.82) is 0 Å². The van der Waals surface area contributed by atoms with Crippen molar-refractivity contribution in [1.82, 2.24) is 0 Å². The number of esters is 2. The monoisotopic (exact) mass is 288 g/mol. The van der Waals surface area contributed by atoms with E-state index < -0.39 is 29.6 Å². The second kappa shape index (κ2) is 7.59. The van der Waals surface area contributed by atoms with Crippen LogP contribution in [0.3, 0.4) is 0 Å². The molecule has 1 rings (SSSR count). The van der Waals surface area contributed by atoms with Gasteiger partial charge < -0.3 is 18.9 Å². The highest BCUT2D eigenvalue weighted by Gasteiger charge is 2.63. The van der Waals surface area contributed by atoms with E-state index in [9.17, 15) is 9.59 Å². The molecule has 0 radical (unpaired) electrons. The Kier molecular flexibility index (Phi) is 6.42. The van der Waals surface area contributed by atoms with E-state index in [0.29, 0.717) is 19.6 Å². The molecule has 0 aromatic carbocycles. The summed E-state index contributed by atoms with van der Waals surface area (Å²) in [5, 5.41) is 0. The van der Waals surface area contributed by atoms with Gasteiger partial charge in [-0.05, 0) is 27.7 Å². The van der Waals surface area contributed by atoms with Crippen LogP contribution < -0.4 is 0 Å². The summed E-state index contributed by atoms with van der Waals surface area (Å²) in [5.41, 5.74) is 0. The maximum absolute atomic E-state index is 12.1. The van der Waals surface area contributed by atoms with E-state index in [2.05, 4.69) is 0 Å². The topological polar surface area (TPSA) is 71.1 Å². The average molecular weight is 288 g/mol. The van der Waals surface area contributed by atoms with Crippen LogP contribution in [0.4, 0.5) is 0 Å². The van der Waals surface area contributed by atoms with Gasteiger partial charge in [0.1, 0.15) is 5.92 Å². The molecule has 116 valence electrons. The number of rotatable bonds is 8. The Morgan fingerprint density at radius 3 is 1.85 bits per heavy atom. The van der Waals surface area contributed by atoms with E-state index in [1.54, 1.807) is 13.8 Å². The Labute approximate surface area is 119 Å². The van der Waals surface area contributed by atoms with Gasteiger partial charge in [-0.25, -0.2) is 0 Å². The number of carbonyl (C=O) groups excluding carboxylic acids is 2. The van der Waals surface area contributed by atoms with E-state index in [1.165, 1.54) is 0 Å². The molecule has 1 aliphatic rings. The van der Waals surface area contributed by atoms with E-state index in [-0.39, 0.29) is 13.2 Å². The average Bonchev–Trinajstić information content (AvgIpc) is 2.36. The number of hydrogen-bond donors (Lipinski definition) is 0. The molecule has 0 bridgehead atoms. The zero-order valence-electron chi connectivity index (χ0n) is 12.6. The largest absolute Gasteiger partial charge is 0.466 e.